The van der Waals surface area contributed by atoms with E-state index in [2.05, 4.69) is 0 Å². The molecule has 0 saturated carbocycles. The van der Waals surface area contributed by atoms with Gasteiger partial charge in [0.25, 0.3) is 5.91 Å². The van der Waals surface area contributed by atoms with Gasteiger partial charge in [0, 0.05) is 34.3 Å². The quantitative estimate of drug-likeness (QED) is 0.527. The molecule has 7 heteroatoms. The predicted octanol–water partition coefficient (Wildman–Crippen LogP) is 5.56. The second-order valence-corrected chi connectivity index (χ2v) is 7.53. The fourth-order valence-corrected chi connectivity index (χ4v) is 3.85. The molecule has 2 aromatic carbocycles. The van der Waals surface area contributed by atoms with Gasteiger partial charge < -0.3 is 4.90 Å². The molecule has 4 nitrogen and oxygen atoms in total. The third-order valence-corrected chi connectivity index (χ3v) is 5.54. The van der Waals surface area contributed by atoms with Gasteiger partial charge in [-0.1, -0.05) is 35.3 Å². The molecule has 0 unspecified atom stereocenters. The number of nitrogens with zero attached hydrogens (tertiary/aromatic N) is 3. The third-order valence-electron chi connectivity index (χ3n) is 3.74. The largest absolute Gasteiger partial charge is 0.337 e. The average molecular weight is 418 g/mol. The Labute approximate surface area is 173 Å². The summed E-state index contributed by atoms with van der Waals surface area (Å²) in [6, 6.07) is 16.7. The van der Waals surface area contributed by atoms with E-state index < -0.39 is 0 Å². The molecule has 2 aromatic rings. The highest BCUT2D eigenvalue weighted by Crippen LogP contribution is 2.32. The Balaban J connectivity index is 2.10. The van der Waals surface area contributed by atoms with Gasteiger partial charge in [-0.15, -0.1) is 11.8 Å². The van der Waals surface area contributed by atoms with Gasteiger partial charge in [-0.05, 0) is 35.9 Å². The fraction of sp³-hybridized carbons (Fsp3) is 0.250. The Kier molecular flexibility index (Phi) is 8.48. The van der Waals surface area contributed by atoms with Crippen LogP contribution >= 0.6 is 35.0 Å². The van der Waals surface area contributed by atoms with E-state index in [1.807, 2.05) is 36.4 Å². The maximum Gasteiger partial charge on any atom is 0.253 e. The van der Waals surface area contributed by atoms with Crippen molar-refractivity contribution in [3.8, 4) is 12.1 Å². The highest BCUT2D eigenvalue weighted by atomic mass is 35.5. The average Bonchev–Trinajstić information content (AvgIpc) is 2.68. The number of carbonyl (C=O) groups is 1. The van der Waals surface area contributed by atoms with Gasteiger partial charge in [0.15, 0.2) is 0 Å². The summed E-state index contributed by atoms with van der Waals surface area (Å²) in [4.78, 5) is 15.2. The van der Waals surface area contributed by atoms with Crippen LogP contribution in [0.1, 0.15) is 28.8 Å². The van der Waals surface area contributed by atoms with Crippen LogP contribution in [-0.4, -0.2) is 23.9 Å². The summed E-state index contributed by atoms with van der Waals surface area (Å²) in [5, 5.41) is 18.8. The number of carbonyl (C=O) groups excluding carboxylic acids is 1. The Morgan fingerprint density at radius 3 is 2.41 bits per heavy atom. The number of hydrogen-bond donors (Lipinski definition) is 0. The van der Waals surface area contributed by atoms with Gasteiger partial charge >= 0.3 is 0 Å². The van der Waals surface area contributed by atoms with Crippen molar-refractivity contribution >= 4 is 40.9 Å². The zero-order chi connectivity index (χ0) is 19.6. The highest BCUT2D eigenvalue weighted by Gasteiger charge is 2.15. The van der Waals surface area contributed by atoms with E-state index >= 15 is 0 Å². The van der Waals surface area contributed by atoms with Crippen molar-refractivity contribution in [2.24, 2.45) is 0 Å². The summed E-state index contributed by atoms with van der Waals surface area (Å²) in [5.41, 5.74) is 1.52. The van der Waals surface area contributed by atoms with Crippen molar-refractivity contribution in [1.82, 2.24) is 4.90 Å². The summed E-state index contributed by atoms with van der Waals surface area (Å²) in [5.74, 6) is 0.463. The van der Waals surface area contributed by atoms with Crippen LogP contribution in [-0.2, 0) is 5.75 Å². The van der Waals surface area contributed by atoms with Crippen LogP contribution in [0.2, 0.25) is 10.0 Å². The monoisotopic (exact) mass is 417 g/mol. The molecular weight excluding hydrogens is 401 g/mol. The van der Waals surface area contributed by atoms with E-state index in [9.17, 15) is 4.79 Å². The summed E-state index contributed by atoms with van der Waals surface area (Å²) < 4.78 is 0. The normalized spacial score (nSPS) is 10.1. The van der Waals surface area contributed by atoms with Gasteiger partial charge in [0.05, 0.1) is 30.0 Å². The van der Waals surface area contributed by atoms with Gasteiger partial charge in [0.2, 0.25) is 0 Å². The first-order valence-electron chi connectivity index (χ1n) is 8.25. The van der Waals surface area contributed by atoms with Gasteiger partial charge in [0.1, 0.15) is 0 Å². The molecule has 0 aliphatic carbocycles. The topological polar surface area (TPSA) is 67.9 Å². The summed E-state index contributed by atoms with van der Waals surface area (Å²) in [6.07, 6.45) is 0.472. The van der Waals surface area contributed by atoms with Crippen LogP contribution < -0.4 is 0 Å². The minimum absolute atomic E-state index is 0.173. The van der Waals surface area contributed by atoms with E-state index in [0.717, 1.165) is 10.5 Å². The fourth-order valence-electron chi connectivity index (χ4n) is 2.41. The smallest absolute Gasteiger partial charge is 0.253 e. The maximum atomic E-state index is 12.7. The lowest BCUT2D eigenvalue weighted by Gasteiger charge is -2.20. The molecule has 2 rings (SSSR count). The van der Waals surface area contributed by atoms with Crippen molar-refractivity contribution < 1.29 is 4.79 Å². The zero-order valence-electron chi connectivity index (χ0n) is 14.5. The second kappa shape index (κ2) is 10.8. The standard InChI is InChI=1S/C20H17Cl2N3OS/c21-17-6-7-18(22)19(13-17)27-14-15-4-1-5-16(12-15)20(26)25(10-2-8-23)11-3-9-24/h1,4-7,12-13H,2-3,10-11,14H2. The Morgan fingerprint density at radius 2 is 1.74 bits per heavy atom. The van der Waals surface area contributed by atoms with Gasteiger partial charge in [-0.3, -0.25) is 4.79 Å². The van der Waals surface area contributed by atoms with Crippen LogP contribution in [0.15, 0.2) is 47.4 Å². The molecule has 0 atom stereocenters. The molecule has 0 heterocycles. The van der Waals surface area contributed by atoms with Crippen LogP contribution in [0.5, 0.6) is 0 Å². The highest BCUT2D eigenvalue weighted by molar-refractivity contribution is 7.98. The molecule has 0 spiro atoms. The second-order valence-electron chi connectivity index (χ2n) is 5.67. The van der Waals surface area contributed by atoms with Crippen LogP contribution in [0.4, 0.5) is 0 Å². The lowest BCUT2D eigenvalue weighted by Crippen LogP contribution is -2.32. The van der Waals surface area contributed by atoms with Crippen LogP contribution in [0, 0.1) is 22.7 Å². The number of nitriles is 2. The first-order valence-corrected chi connectivity index (χ1v) is 9.99. The lowest BCUT2D eigenvalue weighted by molar-refractivity contribution is 0.0762. The zero-order valence-corrected chi connectivity index (χ0v) is 16.8. The van der Waals surface area contributed by atoms with E-state index in [-0.39, 0.29) is 18.7 Å². The molecule has 0 saturated heterocycles. The minimum Gasteiger partial charge on any atom is -0.337 e. The molecule has 27 heavy (non-hydrogen) atoms. The summed E-state index contributed by atoms with van der Waals surface area (Å²) >= 11 is 13.7. The molecule has 0 N–H and O–H groups in total. The Bertz CT molecular complexity index is 872. The van der Waals surface area contributed by atoms with E-state index in [4.69, 9.17) is 33.7 Å². The third kappa shape index (κ3) is 6.48. The number of hydrogen-bond acceptors (Lipinski definition) is 4. The Morgan fingerprint density at radius 1 is 1.04 bits per heavy atom. The molecule has 0 bridgehead atoms. The maximum absolute atomic E-state index is 12.7. The van der Waals surface area contributed by atoms with E-state index in [1.165, 1.54) is 0 Å². The number of rotatable bonds is 8. The number of halogens is 2. The number of amides is 1. The summed E-state index contributed by atoms with van der Waals surface area (Å²) in [6.45, 7) is 0.627. The molecule has 0 fully saturated rings. The number of thioether (sulfide) groups is 1. The lowest BCUT2D eigenvalue weighted by atomic mass is 10.1. The van der Waals surface area contributed by atoms with Crippen molar-refractivity contribution in [2.45, 2.75) is 23.5 Å². The van der Waals surface area contributed by atoms with Crippen molar-refractivity contribution in [3.05, 3.63) is 63.6 Å². The first kappa shape index (κ1) is 21.1. The van der Waals surface area contributed by atoms with E-state index in [1.54, 1.807) is 34.9 Å². The SMILES string of the molecule is N#CCCN(CCC#N)C(=O)c1cccc(CSc2cc(Cl)ccc2Cl)c1. The first-order chi connectivity index (χ1) is 13.0. The molecule has 0 radical (unpaired) electrons. The van der Waals surface area contributed by atoms with Crippen LogP contribution in [0.3, 0.4) is 0 Å². The van der Waals surface area contributed by atoms with Gasteiger partial charge in [-0.25, -0.2) is 0 Å². The molecule has 1 amide bonds. The van der Waals surface area contributed by atoms with Crippen molar-refractivity contribution in [3.63, 3.8) is 0 Å². The molecule has 138 valence electrons. The molecule has 0 aliphatic rings. The molecule has 0 aliphatic heterocycles. The van der Waals surface area contributed by atoms with Crippen molar-refractivity contribution in [2.75, 3.05) is 13.1 Å². The molecular formula is C20H17Cl2N3OS. The van der Waals surface area contributed by atoms with Crippen molar-refractivity contribution in [1.29, 1.82) is 10.5 Å². The molecule has 0 aromatic heterocycles. The minimum atomic E-state index is -0.173. The number of benzene rings is 2. The Hall–Kier alpha value is -2.18. The predicted molar refractivity (Wildman–Crippen MR) is 109 cm³/mol. The van der Waals surface area contributed by atoms with Crippen LogP contribution in [0.25, 0.3) is 0 Å². The summed E-state index contributed by atoms with van der Waals surface area (Å²) in [7, 11) is 0. The van der Waals surface area contributed by atoms with E-state index in [0.29, 0.717) is 34.5 Å². The van der Waals surface area contributed by atoms with Gasteiger partial charge in [-0.2, -0.15) is 10.5 Å².